The van der Waals surface area contributed by atoms with Crippen molar-refractivity contribution in [3.63, 3.8) is 0 Å². The van der Waals surface area contributed by atoms with Crippen molar-refractivity contribution in [3.8, 4) is 0 Å². The summed E-state index contributed by atoms with van der Waals surface area (Å²) in [6, 6.07) is 8.00. The average Bonchev–Trinajstić information content (AvgIpc) is 2.48. The Morgan fingerprint density at radius 1 is 1.19 bits per heavy atom. The fourth-order valence-corrected chi connectivity index (χ4v) is 2.63. The molecule has 0 spiro atoms. The molecule has 0 aliphatic heterocycles. The molecule has 3 heteroatoms. The number of hydrogen-bond donors (Lipinski definition) is 1. The van der Waals surface area contributed by atoms with Crippen LogP contribution >= 0.6 is 11.6 Å². The number of rotatable bonds is 11. The Morgan fingerprint density at radius 2 is 2.00 bits per heavy atom. The van der Waals surface area contributed by atoms with Gasteiger partial charge in [0, 0.05) is 11.6 Å². The van der Waals surface area contributed by atoms with Crippen LogP contribution in [0.2, 0.25) is 5.02 Å². The molecule has 2 atom stereocenters. The fraction of sp³-hybridized carbons (Fsp3) is 0.667. The normalized spacial score (nSPS) is 14.1. The summed E-state index contributed by atoms with van der Waals surface area (Å²) in [6.45, 7) is 8.31. The van der Waals surface area contributed by atoms with Crippen molar-refractivity contribution in [3.05, 3.63) is 34.9 Å². The zero-order valence-corrected chi connectivity index (χ0v) is 14.5. The molecule has 21 heavy (non-hydrogen) atoms. The van der Waals surface area contributed by atoms with Crippen LogP contribution in [0.4, 0.5) is 0 Å². The third kappa shape index (κ3) is 7.85. The lowest BCUT2D eigenvalue weighted by Crippen LogP contribution is -2.26. The van der Waals surface area contributed by atoms with Crippen molar-refractivity contribution in [1.82, 2.24) is 5.32 Å². The Hall–Kier alpha value is -0.570. The first-order valence-corrected chi connectivity index (χ1v) is 8.66. The van der Waals surface area contributed by atoms with Crippen molar-refractivity contribution in [2.24, 2.45) is 0 Å². The molecule has 1 rings (SSSR count). The predicted molar refractivity (Wildman–Crippen MR) is 92.0 cm³/mol. The molecular weight excluding hydrogens is 282 g/mol. The molecular formula is C18H30ClNO. The molecule has 0 heterocycles. The van der Waals surface area contributed by atoms with Gasteiger partial charge in [0.05, 0.1) is 12.2 Å². The largest absolute Gasteiger partial charge is 0.369 e. The van der Waals surface area contributed by atoms with E-state index in [1.54, 1.807) is 0 Å². The lowest BCUT2D eigenvalue weighted by Gasteiger charge is -2.23. The summed E-state index contributed by atoms with van der Waals surface area (Å²) in [4.78, 5) is 0. The highest BCUT2D eigenvalue weighted by atomic mass is 35.5. The molecule has 1 aromatic carbocycles. The standard InChI is InChI=1S/C18H30ClNO/c1-4-6-7-8-10-15(3)21-18(14-20-5-2)16-11-9-12-17(19)13-16/h9,11-13,15,18,20H,4-8,10,14H2,1-3H3. The molecule has 0 fully saturated rings. The molecule has 0 amide bonds. The van der Waals surface area contributed by atoms with Gasteiger partial charge in [0.15, 0.2) is 0 Å². The van der Waals surface area contributed by atoms with Crippen molar-refractivity contribution in [2.45, 2.75) is 65.1 Å². The van der Waals surface area contributed by atoms with Crippen molar-refractivity contribution in [2.75, 3.05) is 13.1 Å². The highest BCUT2D eigenvalue weighted by Crippen LogP contribution is 2.23. The molecule has 1 aromatic rings. The second kappa shape index (κ2) is 11.1. The van der Waals surface area contributed by atoms with E-state index in [2.05, 4.69) is 32.2 Å². The first kappa shape index (κ1) is 18.5. The highest BCUT2D eigenvalue weighted by molar-refractivity contribution is 6.30. The molecule has 0 aliphatic carbocycles. The van der Waals surface area contributed by atoms with E-state index in [-0.39, 0.29) is 12.2 Å². The lowest BCUT2D eigenvalue weighted by atomic mass is 10.1. The Bertz CT molecular complexity index is 383. The Kier molecular flexibility index (Phi) is 9.73. The van der Waals surface area contributed by atoms with Gasteiger partial charge >= 0.3 is 0 Å². The van der Waals surface area contributed by atoms with E-state index in [0.717, 1.165) is 30.1 Å². The van der Waals surface area contributed by atoms with Crippen LogP contribution in [0.3, 0.4) is 0 Å². The molecule has 1 N–H and O–H groups in total. The number of hydrogen-bond acceptors (Lipinski definition) is 2. The van der Waals surface area contributed by atoms with Crippen LogP contribution in [0.5, 0.6) is 0 Å². The zero-order chi connectivity index (χ0) is 15.5. The van der Waals surface area contributed by atoms with E-state index in [4.69, 9.17) is 16.3 Å². The van der Waals surface area contributed by atoms with Crippen LogP contribution in [0.25, 0.3) is 0 Å². The minimum absolute atomic E-state index is 0.0739. The van der Waals surface area contributed by atoms with Gasteiger partial charge in [-0.05, 0) is 37.6 Å². The maximum absolute atomic E-state index is 6.25. The van der Waals surface area contributed by atoms with Crippen molar-refractivity contribution in [1.29, 1.82) is 0 Å². The van der Waals surface area contributed by atoms with E-state index >= 15 is 0 Å². The summed E-state index contributed by atoms with van der Waals surface area (Å²) >= 11 is 6.10. The molecule has 0 aliphatic rings. The number of benzene rings is 1. The third-order valence-corrected chi connectivity index (χ3v) is 3.90. The molecule has 0 radical (unpaired) electrons. The zero-order valence-electron chi connectivity index (χ0n) is 13.7. The van der Waals surface area contributed by atoms with E-state index < -0.39 is 0 Å². The second-order valence-corrected chi connectivity index (χ2v) is 6.08. The maximum Gasteiger partial charge on any atom is 0.0953 e. The first-order chi connectivity index (χ1) is 10.2. The Morgan fingerprint density at radius 3 is 2.67 bits per heavy atom. The summed E-state index contributed by atoms with van der Waals surface area (Å²) in [5, 5.41) is 4.15. The smallest absolute Gasteiger partial charge is 0.0953 e. The number of unbranched alkanes of at least 4 members (excludes halogenated alkanes) is 3. The third-order valence-electron chi connectivity index (χ3n) is 3.66. The van der Waals surface area contributed by atoms with Crippen LogP contribution in [-0.4, -0.2) is 19.2 Å². The monoisotopic (exact) mass is 311 g/mol. The Labute approximate surface area is 135 Å². The van der Waals surface area contributed by atoms with Gasteiger partial charge in [0.25, 0.3) is 0 Å². The molecule has 0 saturated heterocycles. The SMILES string of the molecule is CCCCCCC(C)OC(CNCC)c1cccc(Cl)c1. The quantitative estimate of drug-likeness (QED) is 0.555. The molecule has 2 nitrogen and oxygen atoms in total. The van der Waals surface area contributed by atoms with Gasteiger partial charge in [-0.1, -0.05) is 63.3 Å². The van der Waals surface area contributed by atoms with Crippen LogP contribution in [0.15, 0.2) is 24.3 Å². The summed E-state index contributed by atoms with van der Waals surface area (Å²) in [5.41, 5.74) is 1.16. The highest BCUT2D eigenvalue weighted by Gasteiger charge is 2.15. The van der Waals surface area contributed by atoms with E-state index in [1.165, 1.54) is 25.7 Å². The summed E-state index contributed by atoms with van der Waals surface area (Å²) in [7, 11) is 0. The van der Waals surface area contributed by atoms with Gasteiger partial charge in [0.1, 0.15) is 0 Å². The van der Waals surface area contributed by atoms with Crippen molar-refractivity contribution >= 4 is 11.6 Å². The molecule has 0 aromatic heterocycles. The topological polar surface area (TPSA) is 21.3 Å². The van der Waals surface area contributed by atoms with Gasteiger partial charge in [-0.25, -0.2) is 0 Å². The van der Waals surface area contributed by atoms with Crippen molar-refractivity contribution < 1.29 is 4.74 Å². The van der Waals surface area contributed by atoms with Gasteiger partial charge in [-0.15, -0.1) is 0 Å². The average molecular weight is 312 g/mol. The number of halogens is 1. The second-order valence-electron chi connectivity index (χ2n) is 5.65. The maximum atomic E-state index is 6.25. The van der Waals surface area contributed by atoms with E-state index in [9.17, 15) is 0 Å². The van der Waals surface area contributed by atoms with Crippen LogP contribution < -0.4 is 5.32 Å². The number of ether oxygens (including phenoxy) is 1. The minimum atomic E-state index is 0.0739. The van der Waals surface area contributed by atoms with Crippen LogP contribution in [-0.2, 0) is 4.74 Å². The number of likely N-dealkylation sites (N-methyl/N-ethyl adjacent to an activating group) is 1. The summed E-state index contributed by atoms with van der Waals surface area (Å²) in [5.74, 6) is 0. The lowest BCUT2D eigenvalue weighted by molar-refractivity contribution is -0.00784. The first-order valence-electron chi connectivity index (χ1n) is 8.29. The van der Waals surface area contributed by atoms with Crippen LogP contribution in [0, 0.1) is 0 Å². The van der Waals surface area contributed by atoms with Gasteiger partial charge in [0.2, 0.25) is 0 Å². The molecule has 120 valence electrons. The molecule has 0 bridgehead atoms. The van der Waals surface area contributed by atoms with Gasteiger partial charge in [-0.3, -0.25) is 0 Å². The predicted octanol–water partition coefficient (Wildman–Crippen LogP) is 5.37. The van der Waals surface area contributed by atoms with E-state index in [0.29, 0.717) is 0 Å². The molecule has 2 unspecified atom stereocenters. The Balaban J connectivity index is 2.53. The van der Waals surface area contributed by atoms with Gasteiger partial charge < -0.3 is 10.1 Å². The molecule has 0 saturated carbocycles. The summed E-state index contributed by atoms with van der Waals surface area (Å²) in [6.07, 6.45) is 6.64. The van der Waals surface area contributed by atoms with Crippen LogP contribution in [0.1, 0.15) is 64.5 Å². The fourth-order valence-electron chi connectivity index (χ4n) is 2.43. The summed E-state index contributed by atoms with van der Waals surface area (Å²) < 4.78 is 6.25. The number of nitrogens with one attached hydrogen (secondary N) is 1. The van der Waals surface area contributed by atoms with E-state index in [1.807, 2.05) is 18.2 Å². The van der Waals surface area contributed by atoms with Gasteiger partial charge in [-0.2, -0.15) is 0 Å². The minimum Gasteiger partial charge on any atom is -0.369 e.